The summed E-state index contributed by atoms with van der Waals surface area (Å²) >= 11 is 0. The van der Waals surface area contributed by atoms with Gasteiger partial charge >= 0.3 is 0 Å². The SMILES string of the molecule is CC(Cc1ccccc1)NCC1(CO)CCCCC1. The van der Waals surface area contributed by atoms with E-state index in [-0.39, 0.29) is 5.41 Å². The van der Waals surface area contributed by atoms with Gasteiger partial charge in [0.15, 0.2) is 0 Å². The molecule has 19 heavy (non-hydrogen) atoms. The van der Waals surface area contributed by atoms with Crippen molar-refractivity contribution in [2.24, 2.45) is 5.41 Å². The van der Waals surface area contributed by atoms with Crippen molar-refractivity contribution in [1.82, 2.24) is 5.32 Å². The number of hydrogen-bond donors (Lipinski definition) is 2. The summed E-state index contributed by atoms with van der Waals surface area (Å²) in [5.41, 5.74) is 1.52. The van der Waals surface area contributed by atoms with Crippen molar-refractivity contribution < 1.29 is 5.11 Å². The molecule has 106 valence electrons. The fraction of sp³-hybridized carbons (Fsp3) is 0.647. The van der Waals surface area contributed by atoms with Crippen LogP contribution in [0.2, 0.25) is 0 Å². The molecule has 0 bridgehead atoms. The number of benzene rings is 1. The zero-order valence-corrected chi connectivity index (χ0v) is 12.1. The van der Waals surface area contributed by atoms with Gasteiger partial charge in [-0.2, -0.15) is 0 Å². The van der Waals surface area contributed by atoms with Gasteiger partial charge in [-0.3, -0.25) is 0 Å². The molecule has 0 radical (unpaired) electrons. The van der Waals surface area contributed by atoms with Crippen molar-refractivity contribution in [3.8, 4) is 0 Å². The predicted molar refractivity (Wildman–Crippen MR) is 80.2 cm³/mol. The lowest BCUT2D eigenvalue weighted by Gasteiger charge is -2.36. The van der Waals surface area contributed by atoms with E-state index < -0.39 is 0 Å². The van der Waals surface area contributed by atoms with Crippen LogP contribution >= 0.6 is 0 Å². The molecule has 1 aliphatic carbocycles. The van der Waals surface area contributed by atoms with Gasteiger partial charge in [0.1, 0.15) is 0 Å². The Labute approximate surface area is 117 Å². The monoisotopic (exact) mass is 261 g/mol. The Hall–Kier alpha value is -0.860. The van der Waals surface area contributed by atoms with Crippen LogP contribution < -0.4 is 5.32 Å². The van der Waals surface area contributed by atoms with E-state index in [0.717, 1.165) is 13.0 Å². The lowest BCUT2D eigenvalue weighted by Crippen LogP contribution is -2.42. The molecule has 2 rings (SSSR count). The molecular weight excluding hydrogens is 234 g/mol. The number of rotatable bonds is 6. The molecule has 1 atom stereocenters. The molecule has 2 heteroatoms. The zero-order valence-electron chi connectivity index (χ0n) is 12.1. The van der Waals surface area contributed by atoms with Crippen LogP contribution in [0, 0.1) is 5.41 Å². The topological polar surface area (TPSA) is 32.3 Å². The van der Waals surface area contributed by atoms with Gasteiger partial charge in [-0.1, -0.05) is 49.6 Å². The summed E-state index contributed by atoms with van der Waals surface area (Å²) < 4.78 is 0. The highest BCUT2D eigenvalue weighted by Crippen LogP contribution is 2.35. The van der Waals surface area contributed by atoms with Crippen LogP contribution in [-0.4, -0.2) is 24.3 Å². The molecule has 1 aromatic rings. The standard InChI is InChI=1S/C17H27NO/c1-15(12-16-8-4-2-5-9-16)18-13-17(14-19)10-6-3-7-11-17/h2,4-5,8-9,15,18-19H,3,6-7,10-14H2,1H3. The molecule has 1 saturated carbocycles. The zero-order chi connectivity index (χ0) is 13.6. The van der Waals surface area contributed by atoms with Crippen LogP contribution in [0.1, 0.15) is 44.6 Å². The lowest BCUT2D eigenvalue weighted by atomic mass is 9.74. The van der Waals surface area contributed by atoms with Gasteiger partial charge in [0, 0.05) is 24.6 Å². The van der Waals surface area contributed by atoms with Crippen LogP contribution in [0.25, 0.3) is 0 Å². The maximum absolute atomic E-state index is 9.70. The van der Waals surface area contributed by atoms with Crippen LogP contribution in [0.15, 0.2) is 30.3 Å². The molecular formula is C17H27NO. The average Bonchev–Trinajstić information content (AvgIpc) is 2.47. The first kappa shape index (κ1) is 14.5. The quantitative estimate of drug-likeness (QED) is 0.824. The van der Waals surface area contributed by atoms with Crippen LogP contribution in [0.5, 0.6) is 0 Å². The largest absolute Gasteiger partial charge is 0.396 e. The fourth-order valence-electron chi connectivity index (χ4n) is 3.12. The van der Waals surface area contributed by atoms with Gasteiger partial charge < -0.3 is 10.4 Å². The van der Waals surface area contributed by atoms with E-state index in [2.05, 4.69) is 42.6 Å². The van der Waals surface area contributed by atoms with E-state index in [4.69, 9.17) is 0 Å². The Bertz CT molecular complexity index is 357. The molecule has 0 spiro atoms. The van der Waals surface area contributed by atoms with Crippen LogP contribution in [0.4, 0.5) is 0 Å². The minimum atomic E-state index is 0.142. The van der Waals surface area contributed by atoms with Crippen molar-refractivity contribution in [3.05, 3.63) is 35.9 Å². The first-order valence-corrected chi connectivity index (χ1v) is 7.62. The Morgan fingerprint density at radius 2 is 1.84 bits per heavy atom. The fourth-order valence-corrected chi connectivity index (χ4v) is 3.12. The normalized spacial score (nSPS) is 20.1. The van der Waals surface area contributed by atoms with Crippen molar-refractivity contribution >= 4 is 0 Å². The third-order valence-corrected chi connectivity index (χ3v) is 4.46. The Morgan fingerprint density at radius 3 is 2.47 bits per heavy atom. The number of hydrogen-bond acceptors (Lipinski definition) is 2. The molecule has 0 heterocycles. The van der Waals surface area contributed by atoms with Crippen molar-refractivity contribution in [2.75, 3.05) is 13.2 Å². The second kappa shape index (κ2) is 7.06. The van der Waals surface area contributed by atoms with Gasteiger partial charge in [0.05, 0.1) is 0 Å². The third-order valence-electron chi connectivity index (χ3n) is 4.46. The predicted octanol–water partition coefficient (Wildman–Crippen LogP) is 3.15. The van der Waals surface area contributed by atoms with E-state index in [9.17, 15) is 5.11 Å². The van der Waals surface area contributed by atoms with Crippen LogP contribution in [0.3, 0.4) is 0 Å². The Morgan fingerprint density at radius 1 is 1.16 bits per heavy atom. The molecule has 0 saturated heterocycles. The molecule has 1 unspecified atom stereocenters. The average molecular weight is 261 g/mol. The van der Waals surface area contributed by atoms with Crippen molar-refractivity contribution in [2.45, 2.75) is 51.5 Å². The molecule has 0 amide bonds. The number of nitrogens with one attached hydrogen (secondary N) is 1. The molecule has 0 aliphatic heterocycles. The first-order chi connectivity index (χ1) is 9.24. The summed E-state index contributed by atoms with van der Waals surface area (Å²) in [7, 11) is 0. The maximum Gasteiger partial charge on any atom is 0.0499 e. The molecule has 0 aromatic heterocycles. The summed E-state index contributed by atoms with van der Waals surface area (Å²) in [6.45, 7) is 3.52. The number of aliphatic hydroxyl groups excluding tert-OH is 1. The highest BCUT2D eigenvalue weighted by Gasteiger charge is 2.31. The second-order valence-corrected chi connectivity index (χ2v) is 6.19. The Balaban J connectivity index is 1.80. The third kappa shape index (κ3) is 4.32. The van der Waals surface area contributed by atoms with Gasteiger partial charge in [0.2, 0.25) is 0 Å². The molecule has 1 aromatic carbocycles. The van der Waals surface area contributed by atoms with E-state index >= 15 is 0 Å². The van der Waals surface area contributed by atoms with Gasteiger partial charge in [-0.25, -0.2) is 0 Å². The molecule has 2 N–H and O–H groups in total. The highest BCUT2D eigenvalue weighted by molar-refractivity contribution is 5.15. The number of aliphatic hydroxyl groups is 1. The minimum Gasteiger partial charge on any atom is -0.396 e. The molecule has 2 nitrogen and oxygen atoms in total. The van der Waals surface area contributed by atoms with E-state index in [1.807, 2.05) is 0 Å². The van der Waals surface area contributed by atoms with E-state index in [1.54, 1.807) is 0 Å². The minimum absolute atomic E-state index is 0.142. The first-order valence-electron chi connectivity index (χ1n) is 7.62. The Kier molecular flexibility index (Phi) is 5.41. The van der Waals surface area contributed by atoms with Gasteiger partial charge in [-0.15, -0.1) is 0 Å². The summed E-state index contributed by atoms with van der Waals surface area (Å²) in [4.78, 5) is 0. The molecule has 1 fully saturated rings. The molecule has 1 aliphatic rings. The second-order valence-electron chi connectivity index (χ2n) is 6.19. The van der Waals surface area contributed by atoms with E-state index in [0.29, 0.717) is 12.6 Å². The van der Waals surface area contributed by atoms with Gasteiger partial charge in [-0.05, 0) is 31.7 Å². The van der Waals surface area contributed by atoms with Crippen molar-refractivity contribution in [1.29, 1.82) is 0 Å². The van der Waals surface area contributed by atoms with Gasteiger partial charge in [0.25, 0.3) is 0 Å². The summed E-state index contributed by atoms with van der Waals surface area (Å²) in [6.07, 6.45) is 7.29. The van der Waals surface area contributed by atoms with Crippen molar-refractivity contribution in [3.63, 3.8) is 0 Å². The van der Waals surface area contributed by atoms with Crippen LogP contribution in [-0.2, 0) is 6.42 Å². The summed E-state index contributed by atoms with van der Waals surface area (Å²) in [5.74, 6) is 0. The lowest BCUT2D eigenvalue weighted by molar-refractivity contribution is 0.0789. The van der Waals surface area contributed by atoms with E-state index in [1.165, 1.54) is 37.7 Å². The maximum atomic E-state index is 9.70. The highest BCUT2D eigenvalue weighted by atomic mass is 16.3. The summed E-state index contributed by atoms with van der Waals surface area (Å²) in [5, 5.41) is 13.3. The summed E-state index contributed by atoms with van der Waals surface area (Å²) in [6, 6.07) is 11.1. The smallest absolute Gasteiger partial charge is 0.0499 e.